The fourth-order valence-electron chi connectivity index (χ4n) is 2.83. The highest BCUT2D eigenvalue weighted by atomic mass is 16.1. The molecular formula is C13H24N2O. The van der Waals surface area contributed by atoms with Crippen molar-refractivity contribution in [2.45, 2.75) is 38.5 Å². The van der Waals surface area contributed by atoms with Crippen LogP contribution in [-0.2, 0) is 4.79 Å². The number of carbonyl (C=O) groups excluding carboxylic acids is 1. The minimum absolute atomic E-state index is 0.361. The Kier molecular flexibility index (Phi) is 4.79. The van der Waals surface area contributed by atoms with Crippen molar-refractivity contribution in [2.24, 2.45) is 5.92 Å². The first kappa shape index (κ1) is 12.1. The average molecular weight is 224 g/mol. The van der Waals surface area contributed by atoms with Gasteiger partial charge in [-0.1, -0.05) is 0 Å². The van der Waals surface area contributed by atoms with E-state index in [9.17, 15) is 4.79 Å². The van der Waals surface area contributed by atoms with Crippen molar-refractivity contribution in [2.75, 3.05) is 32.7 Å². The van der Waals surface area contributed by atoms with E-state index in [4.69, 9.17) is 0 Å². The van der Waals surface area contributed by atoms with E-state index in [1.807, 2.05) is 0 Å². The van der Waals surface area contributed by atoms with Crippen LogP contribution in [0, 0.1) is 5.92 Å². The molecule has 0 radical (unpaired) electrons. The molecule has 3 nitrogen and oxygen atoms in total. The predicted molar refractivity (Wildman–Crippen MR) is 65.5 cm³/mol. The Balaban J connectivity index is 1.59. The van der Waals surface area contributed by atoms with E-state index in [0.717, 1.165) is 45.3 Å². The van der Waals surface area contributed by atoms with Crippen LogP contribution in [0.25, 0.3) is 0 Å². The van der Waals surface area contributed by atoms with Crippen LogP contribution in [0.4, 0.5) is 0 Å². The minimum Gasteiger partial charge on any atom is -0.317 e. The van der Waals surface area contributed by atoms with E-state index in [1.165, 1.54) is 25.9 Å². The molecule has 0 atom stereocenters. The maximum absolute atomic E-state index is 11.9. The van der Waals surface area contributed by atoms with Crippen LogP contribution in [0.2, 0.25) is 0 Å². The summed E-state index contributed by atoms with van der Waals surface area (Å²) in [5, 5.41) is 3.31. The van der Waals surface area contributed by atoms with Gasteiger partial charge in [-0.2, -0.15) is 0 Å². The Hall–Kier alpha value is -0.410. The molecule has 0 unspecified atom stereocenters. The van der Waals surface area contributed by atoms with E-state index in [1.54, 1.807) is 0 Å². The largest absolute Gasteiger partial charge is 0.317 e. The lowest BCUT2D eigenvalue weighted by Crippen LogP contribution is -2.32. The van der Waals surface area contributed by atoms with Gasteiger partial charge >= 0.3 is 0 Å². The molecule has 0 spiro atoms. The van der Waals surface area contributed by atoms with Gasteiger partial charge in [0.05, 0.1) is 0 Å². The zero-order valence-corrected chi connectivity index (χ0v) is 10.2. The monoisotopic (exact) mass is 224 g/mol. The van der Waals surface area contributed by atoms with Gasteiger partial charge in [0.2, 0.25) is 0 Å². The fourth-order valence-corrected chi connectivity index (χ4v) is 2.83. The van der Waals surface area contributed by atoms with Crippen molar-refractivity contribution in [1.82, 2.24) is 10.2 Å². The number of Topliss-reactive ketones (excluding diaryl/α,β-unsaturated/α-hetero) is 1. The van der Waals surface area contributed by atoms with Crippen molar-refractivity contribution in [3.8, 4) is 0 Å². The van der Waals surface area contributed by atoms with Crippen LogP contribution in [0.15, 0.2) is 0 Å². The second kappa shape index (κ2) is 6.36. The number of nitrogens with one attached hydrogen (secondary N) is 1. The number of likely N-dealkylation sites (tertiary alicyclic amines) is 1. The highest BCUT2D eigenvalue weighted by Gasteiger charge is 2.20. The molecule has 2 fully saturated rings. The number of rotatable bonds is 5. The first-order valence-corrected chi connectivity index (χ1v) is 6.82. The summed E-state index contributed by atoms with van der Waals surface area (Å²) < 4.78 is 0. The summed E-state index contributed by atoms with van der Waals surface area (Å²) in [5.74, 6) is 0.875. The third-order valence-electron chi connectivity index (χ3n) is 3.89. The zero-order chi connectivity index (χ0) is 11.2. The third kappa shape index (κ3) is 3.56. The number of nitrogens with zero attached hydrogens (tertiary/aromatic N) is 1. The van der Waals surface area contributed by atoms with Crippen LogP contribution in [0.3, 0.4) is 0 Å². The second-order valence-electron chi connectivity index (χ2n) is 5.14. The van der Waals surface area contributed by atoms with Gasteiger partial charge in [0.15, 0.2) is 0 Å². The van der Waals surface area contributed by atoms with Crippen LogP contribution in [-0.4, -0.2) is 43.4 Å². The molecule has 3 heteroatoms. The number of ketones is 1. The van der Waals surface area contributed by atoms with Gasteiger partial charge in [0.1, 0.15) is 5.78 Å². The van der Waals surface area contributed by atoms with Crippen molar-refractivity contribution in [3.05, 3.63) is 0 Å². The molecule has 2 aliphatic heterocycles. The molecule has 92 valence electrons. The van der Waals surface area contributed by atoms with Gasteiger partial charge in [-0.25, -0.2) is 0 Å². The molecular weight excluding hydrogens is 200 g/mol. The third-order valence-corrected chi connectivity index (χ3v) is 3.89. The lowest BCUT2D eigenvalue weighted by Gasteiger charge is -2.21. The summed E-state index contributed by atoms with van der Waals surface area (Å²) in [7, 11) is 0. The van der Waals surface area contributed by atoms with Crippen LogP contribution in [0.1, 0.15) is 38.5 Å². The van der Waals surface area contributed by atoms with E-state index >= 15 is 0 Å². The van der Waals surface area contributed by atoms with Gasteiger partial charge in [0, 0.05) is 12.3 Å². The molecule has 0 saturated carbocycles. The maximum Gasteiger partial charge on any atom is 0.136 e. The van der Waals surface area contributed by atoms with Crippen molar-refractivity contribution < 1.29 is 4.79 Å². The maximum atomic E-state index is 11.9. The number of hydrogen-bond donors (Lipinski definition) is 1. The molecule has 0 aromatic heterocycles. The highest BCUT2D eigenvalue weighted by Crippen LogP contribution is 2.16. The molecule has 2 heterocycles. The van der Waals surface area contributed by atoms with E-state index in [-0.39, 0.29) is 0 Å². The Bertz CT molecular complexity index is 218. The summed E-state index contributed by atoms with van der Waals surface area (Å²) in [6.45, 7) is 5.70. The Morgan fingerprint density at radius 3 is 2.56 bits per heavy atom. The predicted octanol–water partition coefficient (Wildman–Crippen LogP) is 1.43. The SMILES string of the molecule is O=C(CCCN1CCCC1)C1CCNCC1. The van der Waals surface area contributed by atoms with Crippen molar-refractivity contribution >= 4 is 5.78 Å². The van der Waals surface area contributed by atoms with E-state index in [2.05, 4.69) is 10.2 Å². The Morgan fingerprint density at radius 2 is 1.88 bits per heavy atom. The van der Waals surface area contributed by atoms with Crippen LogP contribution < -0.4 is 5.32 Å². The van der Waals surface area contributed by atoms with Gasteiger partial charge in [-0.05, 0) is 64.8 Å². The number of piperidine rings is 1. The smallest absolute Gasteiger partial charge is 0.136 e. The molecule has 2 saturated heterocycles. The molecule has 2 aliphatic rings. The van der Waals surface area contributed by atoms with Crippen molar-refractivity contribution in [1.29, 1.82) is 0 Å². The Morgan fingerprint density at radius 1 is 1.19 bits per heavy atom. The van der Waals surface area contributed by atoms with Gasteiger partial charge in [-0.3, -0.25) is 4.79 Å². The van der Waals surface area contributed by atoms with Gasteiger partial charge in [0.25, 0.3) is 0 Å². The molecule has 0 aromatic carbocycles. The van der Waals surface area contributed by atoms with E-state index in [0.29, 0.717) is 11.7 Å². The molecule has 0 aromatic rings. The highest BCUT2D eigenvalue weighted by molar-refractivity contribution is 5.81. The van der Waals surface area contributed by atoms with Crippen LogP contribution in [0.5, 0.6) is 0 Å². The molecule has 0 aliphatic carbocycles. The standard InChI is InChI=1S/C13H24N2O/c16-13(12-5-7-14-8-6-12)4-3-11-15-9-1-2-10-15/h12,14H,1-11H2. The molecule has 1 N–H and O–H groups in total. The summed E-state index contributed by atoms with van der Waals surface area (Å²) >= 11 is 0. The van der Waals surface area contributed by atoms with Gasteiger partial charge < -0.3 is 10.2 Å². The summed E-state index contributed by atoms with van der Waals surface area (Å²) in [5.41, 5.74) is 0. The summed E-state index contributed by atoms with van der Waals surface area (Å²) in [4.78, 5) is 14.4. The summed E-state index contributed by atoms with van der Waals surface area (Å²) in [6.07, 6.45) is 6.69. The first-order valence-electron chi connectivity index (χ1n) is 6.82. The lowest BCUT2D eigenvalue weighted by atomic mass is 9.91. The number of carbonyl (C=O) groups is 1. The molecule has 0 amide bonds. The van der Waals surface area contributed by atoms with Gasteiger partial charge in [-0.15, -0.1) is 0 Å². The molecule has 0 bridgehead atoms. The number of hydrogen-bond acceptors (Lipinski definition) is 3. The summed E-state index contributed by atoms with van der Waals surface area (Å²) in [6, 6.07) is 0. The van der Waals surface area contributed by atoms with E-state index < -0.39 is 0 Å². The quantitative estimate of drug-likeness (QED) is 0.767. The normalized spacial score (nSPS) is 23.8. The van der Waals surface area contributed by atoms with Crippen LogP contribution >= 0.6 is 0 Å². The second-order valence-corrected chi connectivity index (χ2v) is 5.14. The average Bonchev–Trinajstić information content (AvgIpc) is 2.83. The fraction of sp³-hybridized carbons (Fsp3) is 0.923. The molecule has 16 heavy (non-hydrogen) atoms. The van der Waals surface area contributed by atoms with Crippen molar-refractivity contribution in [3.63, 3.8) is 0 Å². The Labute approximate surface area is 98.6 Å². The molecule has 2 rings (SSSR count). The first-order chi connectivity index (χ1) is 7.86. The zero-order valence-electron chi connectivity index (χ0n) is 10.2. The topological polar surface area (TPSA) is 32.3 Å². The lowest BCUT2D eigenvalue weighted by molar-refractivity contribution is -0.123. The minimum atomic E-state index is 0.361.